The second-order valence-corrected chi connectivity index (χ2v) is 12.8. The highest BCUT2D eigenvalue weighted by Gasteiger charge is 2.55. The van der Waals surface area contributed by atoms with Crippen molar-refractivity contribution in [1.29, 1.82) is 0 Å². The van der Waals surface area contributed by atoms with Crippen LogP contribution in [0.5, 0.6) is 0 Å². The van der Waals surface area contributed by atoms with Crippen LogP contribution in [-0.2, 0) is 23.9 Å². The van der Waals surface area contributed by atoms with Gasteiger partial charge in [-0.15, -0.1) is 11.8 Å². The summed E-state index contributed by atoms with van der Waals surface area (Å²) in [5, 5.41) is 18.8. The lowest BCUT2D eigenvalue weighted by atomic mass is 10.0. The normalized spacial score (nSPS) is 18.8. The molecule has 0 bridgehead atoms. The van der Waals surface area contributed by atoms with Gasteiger partial charge in [0.05, 0.1) is 5.75 Å². The molecule has 2 aliphatic heterocycles. The van der Waals surface area contributed by atoms with Gasteiger partial charge in [0.15, 0.2) is 11.8 Å². The van der Waals surface area contributed by atoms with Crippen molar-refractivity contribution in [2.45, 2.75) is 49.9 Å². The standard InChI is InChI=1S/C31H31N3O7S2/c1-31(2,3)41-30(39)33-22(20-14-15-42-16-20)26(36)32-23-27(37)34-24(21(35)17-43-28(23)34)29(38)40-25(18-10-6-4-7-11-18)19-12-8-5-9-13-19/h4-16,22-23,25,28,35H,17H2,1-3H3,(H,32,36)(H,33,39)/t22?,23-,28-/m1/s1. The molecule has 0 aliphatic carbocycles. The van der Waals surface area contributed by atoms with Crippen molar-refractivity contribution in [2.24, 2.45) is 0 Å². The molecule has 1 fully saturated rings. The molecule has 224 valence electrons. The summed E-state index contributed by atoms with van der Waals surface area (Å²) >= 11 is 2.55. The van der Waals surface area contributed by atoms with Crippen LogP contribution in [0, 0.1) is 0 Å². The van der Waals surface area contributed by atoms with E-state index in [4.69, 9.17) is 9.47 Å². The molecule has 0 spiro atoms. The van der Waals surface area contributed by atoms with E-state index in [0.717, 1.165) is 16.0 Å². The first-order valence-electron chi connectivity index (χ1n) is 13.5. The monoisotopic (exact) mass is 621 g/mol. The van der Waals surface area contributed by atoms with Crippen LogP contribution in [0.3, 0.4) is 0 Å². The number of thiophene rings is 1. The third-order valence-corrected chi connectivity index (χ3v) is 8.63. The Bertz CT molecular complexity index is 1480. The number of rotatable bonds is 8. The average Bonchev–Trinajstić information content (AvgIpc) is 3.52. The van der Waals surface area contributed by atoms with Crippen LogP contribution in [0.1, 0.15) is 49.6 Å². The van der Waals surface area contributed by atoms with Crippen LogP contribution in [0.4, 0.5) is 4.79 Å². The molecule has 1 saturated heterocycles. The van der Waals surface area contributed by atoms with E-state index in [9.17, 15) is 24.3 Å². The quantitative estimate of drug-likeness (QED) is 0.241. The predicted octanol–water partition coefficient (Wildman–Crippen LogP) is 4.82. The van der Waals surface area contributed by atoms with Crippen LogP contribution >= 0.6 is 23.1 Å². The maximum absolute atomic E-state index is 13.5. The van der Waals surface area contributed by atoms with Gasteiger partial charge in [-0.05, 0) is 54.3 Å². The van der Waals surface area contributed by atoms with Gasteiger partial charge in [-0.2, -0.15) is 11.3 Å². The molecule has 2 aliphatic rings. The molecular weight excluding hydrogens is 590 g/mol. The zero-order chi connectivity index (χ0) is 30.7. The fraction of sp³-hybridized carbons (Fsp3) is 0.290. The fourth-order valence-electron chi connectivity index (χ4n) is 4.74. The topological polar surface area (TPSA) is 134 Å². The van der Waals surface area contributed by atoms with Gasteiger partial charge in [-0.3, -0.25) is 14.5 Å². The first kappa shape index (κ1) is 30.2. The molecule has 1 aromatic heterocycles. The molecule has 3 heterocycles. The van der Waals surface area contributed by atoms with Crippen molar-refractivity contribution >= 4 is 47.0 Å². The van der Waals surface area contributed by atoms with Gasteiger partial charge < -0.3 is 25.2 Å². The highest BCUT2D eigenvalue weighted by atomic mass is 32.2. The maximum Gasteiger partial charge on any atom is 0.408 e. The van der Waals surface area contributed by atoms with Crippen molar-refractivity contribution in [2.75, 3.05) is 5.75 Å². The van der Waals surface area contributed by atoms with Gasteiger partial charge >= 0.3 is 12.1 Å². The summed E-state index contributed by atoms with van der Waals surface area (Å²) in [4.78, 5) is 54.0. The highest BCUT2D eigenvalue weighted by Crippen LogP contribution is 2.41. The van der Waals surface area contributed by atoms with Crippen molar-refractivity contribution < 1.29 is 33.8 Å². The van der Waals surface area contributed by atoms with Gasteiger partial charge in [0, 0.05) is 0 Å². The molecule has 0 saturated carbocycles. The fourth-order valence-corrected chi connectivity index (χ4v) is 6.63. The van der Waals surface area contributed by atoms with Gasteiger partial charge in [-0.1, -0.05) is 60.7 Å². The maximum atomic E-state index is 13.5. The van der Waals surface area contributed by atoms with Crippen LogP contribution in [0.2, 0.25) is 0 Å². The molecule has 2 aromatic carbocycles. The minimum atomic E-state index is -1.11. The lowest BCUT2D eigenvalue weighted by molar-refractivity contribution is -0.155. The van der Waals surface area contributed by atoms with E-state index in [1.165, 1.54) is 23.1 Å². The van der Waals surface area contributed by atoms with Crippen LogP contribution in [0.15, 0.2) is 88.9 Å². The molecule has 12 heteroatoms. The Hall–Kier alpha value is -4.29. The molecule has 3 atom stereocenters. The number of carbonyl (C=O) groups excluding carboxylic acids is 4. The average molecular weight is 622 g/mol. The third-order valence-electron chi connectivity index (χ3n) is 6.67. The lowest BCUT2D eigenvalue weighted by Gasteiger charge is -2.49. The second-order valence-electron chi connectivity index (χ2n) is 10.9. The summed E-state index contributed by atoms with van der Waals surface area (Å²) < 4.78 is 11.2. The van der Waals surface area contributed by atoms with Gasteiger partial charge in [0.1, 0.15) is 28.8 Å². The zero-order valence-electron chi connectivity index (χ0n) is 23.7. The Balaban J connectivity index is 1.32. The number of aliphatic hydroxyl groups excluding tert-OH is 1. The number of fused-ring (bicyclic) bond motifs is 1. The molecule has 3 amide bonds. The summed E-state index contributed by atoms with van der Waals surface area (Å²) in [5.41, 5.74) is 0.949. The molecule has 0 radical (unpaired) electrons. The number of carbonyl (C=O) groups is 4. The Labute approximate surface area is 257 Å². The van der Waals surface area contributed by atoms with Gasteiger partial charge in [-0.25, -0.2) is 9.59 Å². The highest BCUT2D eigenvalue weighted by molar-refractivity contribution is 8.00. The summed E-state index contributed by atoms with van der Waals surface area (Å²) in [5.74, 6) is -2.30. The summed E-state index contributed by atoms with van der Waals surface area (Å²) in [7, 11) is 0. The number of nitrogens with zero attached hydrogens (tertiary/aromatic N) is 1. The van der Waals surface area contributed by atoms with E-state index in [1.54, 1.807) is 37.6 Å². The van der Waals surface area contributed by atoms with E-state index in [1.807, 2.05) is 60.7 Å². The summed E-state index contributed by atoms with van der Waals surface area (Å²) in [6.07, 6.45) is -1.56. The number of hydrogen-bond donors (Lipinski definition) is 3. The van der Waals surface area contributed by atoms with E-state index >= 15 is 0 Å². The molecule has 43 heavy (non-hydrogen) atoms. The Kier molecular flexibility index (Phi) is 8.79. The van der Waals surface area contributed by atoms with Crippen LogP contribution < -0.4 is 10.6 Å². The number of thioether (sulfide) groups is 1. The van der Waals surface area contributed by atoms with Crippen LogP contribution in [-0.4, -0.2) is 56.7 Å². The van der Waals surface area contributed by atoms with E-state index in [-0.39, 0.29) is 17.2 Å². The number of nitrogens with one attached hydrogen (secondary N) is 2. The Morgan fingerprint density at radius 2 is 1.60 bits per heavy atom. The van der Waals surface area contributed by atoms with Crippen molar-refractivity contribution in [3.8, 4) is 0 Å². The molecule has 10 nitrogen and oxygen atoms in total. The number of benzene rings is 2. The number of hydrogen-bond acceptors (Lipinski definition) is 9. The van der Waals surface area contributed by atoms with E-state index < -0.39 is 53.0 Å². The SMILES string of the molecule is CC(C)(C)OC(=O)NC(C(=O)N[C@@H]1C(=O)N2C(C(=O)OC(c3ccccc3)c3ccccc3)=C(O)CS[C@H]12)c1ccsc1. The van der Waals surface area contributed by atoms with Gasteiger partial charge in [0.2, 0.25) is 5.91 Å². The van der Waals surface area contributed by atoms with Crippen LogP contribution in [0.25, 0.3) is 0 Å². The number of esters is 1. The molecule has 3 aromatic rings. The molecular formula is C31H31N3O7S2. The van der Waals surface area contributed by atoms with Crippen molar-refractivity contribution in [1.82, 2.24) is 15.5 Å². The summed E-state index contributed by atoms with van der Waals surface area (Å²) in [6.45, 7) is 5.13. The molecule has 1 unspecified atom stereocenters. The van der Waals surface area contributed by atoms with Crippen molar-refractivity contribution in [3.05, 3.63) is 106 Å². The number of aliphatic hydroxyl groups is 1. The second kappa shape index (κ2) is 12.5. The first-order chi connectivity index (χ1) is 20.5. The van der Waals surface area contributed by atoms with Gasteiger partial charge in [0.25, 0.3) is 5.91 Å². The zero-order valence-corrected chi connectivity index (χ0v) is 25.3. The van der Waals surface area contributed by atoms with E-state index in [0.29, 0.717) is 5.56 Å². The van der Waals surface area contributed by atoms with E-state index in [2.05, 4.69) is 10.6 Å². The smallest absolute Gasteiger partial charge is 0.408 e. The Morgan fingerprint density at radius 3 is 2.16 bits per heavy atom. The largest absolute Gasteiger partial charge is 0.509 e. The van der Waals surface area contributed by atoms with Crippen molar-refractivity contribution in [3.63, 3.8) is 0 Å². The minimum Gasteiger partial charge on any atom is -0.509 e. The first-order valence-corrected chi connectivity index (χ1v) is 15.5. The third kappa shape index (κ3) is 6.70. The number of alkyl carbamates (subject to hydrolysis) is 1. The number of amides is 3. The minimum absolute atomic E-state index is 0.0384. The molecule has 3 N–H and O–H groups in total. The Morgan fingerprint density at radius 1 is 0.977 bits per heavy atom. The number of β-lactam (4-membered cyclic amide) rings is 1. The lowest BCUT2D eigenvalue weighted by Crippen LogP contribution is -2.71. The summed E-state index contributed by atoms with van der Waals surface area (Å²) in [6, 6.07) is 17.9. The number of ether oxygens (including phenoxy) is 2. The predicted molar refractivity (Wildman–Crippen MR) is 162 cm³/mol. The molecule has 5 rings (SSSR count).